The van der Waals surface area contributed by atoms with Crippen molar-refractivity contribution in [2.45, 2.75) is 91.6 Å². The van der Waals surface area contributed by atoms with Gasteiger partial charge in [-0.1, -0.05) is 32.9 Å². The van der Waals surface area contributed by atoms with Gasteiger partial charge in [0.2, 0.25) is 0 Å². The van der Waals surface area contributed by atoms with E-state index in [0.29, 0.717) is 22.2 Å². The van der Waals surface area contributed by atoms with Crippen LogP contribution in [0.3, 0.4) is 0 Å². The number of allylic oxidation sites excluding steroid dienone is 1. The Bertz CT molecular complexity index is 536. The molecule has 8 atom stereocenters. The topological polar surface area (TPSA) is 20.2 Å². The van der Waals surface area contributed by atoms with Crippen LogP contribution in [0.4, 0.5) is 0 Å². The molecule has 4 fully saturated rings. The van der Waals surface area contributed by atoms with Gasteiger partial charge in [-0.05, 0) is 105 Å². The Balaban J connectivity index is 1.67. The van der Waals surface area contributed by atoms with Crippen molar-refractivity contribution in [3.63, 3.8) is 0 Å². The molecule has 1 N–H and O–H groups in total. The third-order valence-corrected chi connectivity index (χ3v) is 9.97. The van der Waals surface area contributed by atoms with E-state index in [1.54, 1.807) is 0 Å². The maximum atomic E-state index is 10.4. The van der Waals surface area contributed by atoms with Crippen molar-refractivity contribution in [2.24, 2.45) is 39.9 Å². The molecule has 0 amide bonds. The fourth-order valence-electron chi connectivity index (χ4n) is 8.35. The van der Waals surface area contributed by atoms with Crippen LogP contribution in [0.2, 0.25) is 0 Å². The SMILES string of the molecule is C=C1CC[C@]2(C)CC[C@H]3[C@@H](CC[C@@]4(C)[C@H]3CC[C@H]4[C@H](C)O)[C@@]2(C)C1. The first-order valence-electron chi connectivity index (χ1n) is 10.6. The maximum Gasteiger partial charge on any atom is 0.0545 e. The van der Waals surface area contributed by atoms with Gasteiger partial charge in [-0.2, -0.15) is 0 Å². The Hall–Kier alpha value is -0.300. The first kappa shape index (κ1) is 17.1. The summed E-state index contributed by atoms with van der Waals surface area (Å²) in [6.45, 7) is 14.2. The average Bonchev–Trinajstić information content (AvgIpc) is 2.86. The largest absolute Gasteiger partial charge is 0.393 e. The monoisotopic (exact) mass is 330 g/mol. The predicted molar refractivity (Wildman–Crippen MR) is 101 cm³/mol. The number of fused-ring (bicyclic) bond motifs is 5. The lowest BCUT2D eigenvalue weighted by Gasteiger charge is -2.65. The number of hydrogen-bond acceptors (Lipinski definition) is 1. The van der Waals surface area contributed by atoms with E-state index in [9.17, 15) is 5.11 Å². The number of aliphatic hydroxyl groups is 1. The normalized spacial score (nSPS) is 55.5. The van der Waals surface area contributed by atoms with Gasteiger partial charge < -0.3 is 5.11 Å². The predicted octanol–water partition coefficient (Wildman–Crippen LogP) is 5.97. The lowest BCUT2D eigenvalue weighted by Crippen LogP contribution is -2.57. The van der Waals surface area contributed by atoms with Crippen molar-refractivity contribution in [2.75, 3.05) is 0 Å². The van der Waals surface area contributed by atoms with Crippen LogP contribution in [0.15, 0.2) is 12.2 Å². The van der Waals surface area contributed by atoms with Crippen LogP contribution in [0.25, 0.3) is 0 Å². The van der Waals surface area contributed by atoms with Crippen molar-refractivity contribution in [3.05, 3.63) is 12.2 Å². The third-order valence-electron chi connectivity index (χ3n) is 9.97. The van der Waals surface area contributed by atoms with E-state index in [1.807, 2.05) is 6.92 Å². The molecule has 4 saturated carbocycles. The van der Waals surface area contributed by atoms with Crippen molar-refractivity contribution in [1.82, 2.24) is 0 Å². The summed E-state index contributed by atoms with van der Waals surface area (Å²) in [5, 5.41) is 10.4. The van der Waals surface area contributed by atoms with E-state index in [0.717, 1.165) is 17.8 Å². The van der Waals surface area contributed by atoms with Gasteiger partial charge in [-0.25, -0.2) is 0 Å². The third kappa shape index (κ3) is 2.09. The first-order valence-corrected chi connectivity index (χ1v) is 10.6. The zero-order valence-corrected chi connectivity index (χ0v) is 16.4. The van der Waals surface area contributed by atoms with Gasteiger partial charge in [0, 0.05) is 0 Å². The fourth-order valence-corrected chi connectivity index (χ4v) is 8.35. The van der Waals surface area contributed by atoms with E-state index >= 15 is 0 Å². The van der Waals surface area contributed by atoms with Crippen LogP contribution in [-0.2, 0) is 0 Å². The second-order valence-electron chi connectivity index (χ2n) is 10.8. The molecular weight excluding hydrogens is 292 g/mol. The first-order chi connectivity index (χ1) is 11.2. The minimum atomic E-state index is -0.129. The van der Waals surface area contributed by atoms with Crippen molar-refractivity contribution >= 4 is 0 Å². The average molecular weight is 331 g/mol. The van der Waals surface area contributed by atoms with Crippen LogP contribution in [0, 0.1) is 39.9 Å². The molecule has 136 valence electrons. The lowest BCUT2D eigenvalue weighted by atomic mass is 9.40. The molecule has 24 heavy (non-hydrogen) atoms. The molecule has 0 aromatic heterocycles. The van der Waals surface area contributed by atoms with Crippen molar-refractivity contribution < 1.29 is 5.11 Å². The number of aliphatic hydroxyl groups excluding tert-OH is 1. The molecule has 4 aliphatic rings. The molecule has 0 aromatic rings. The molecule has 1 heteroatoms. The van der Waals surface area contributed by atoms with E-state index in [2.05, 4.69) is 27.4 Å². The summed E-state index contributed by atoms with van der Waals surface area (Å²) in [5.41, 5.74) is 2.91. The zero-order valence-electron chi connectivity index (χ0n) is 16.4. The minimum Gasteiger partial charge on any atom is -0.393 e. The van der Waals surface area contributed by atoms with Gasteiger partial charge in [0.15, 0.2) is 0 Å². The molecule has 0 heterocycles. The molecule has 1 nitrogen and oxygen atoms in total. The maximum absolute atomic E-state index is 10.4. The summed E-state index contributed by atoms with van der Waals surface area (Å²) in [7, 11) is 0. The fraction of sp³-hybridized carbons (Fsp3) is 0.913. The highest BCUT2D eigenvalue weighted by Crippen LogP contribution is 2.71. The molecule has 0 bridgehead atoms. The van der Waals surface area contributed by atoms with E-state index in [-0.39, 0.29) is 6.10 Å². The van der Waals surface area contributed by atoms with Gasteiger partial charge >= 0.3 is 0 Å². The molecule has 0 saturated heterocycles. The Morgan fingerprint density at radius 1 is 1.00 bits per heavy atom. The van der Waals surface area contributed by atoms with Gasteiger partial charge in [0.1, 0.15) is 0 Å². The summed E-state index contributed by atoms with van der Waals surface area (Å²) in [6, 6.07) is 0. The highest BCUT2D eigenvalue weighted by Gasteiger charge is 2.63. The molecule has 0 spiro atoms. The standard InChI is InChI=1S/C23H38O/c1-15-8-11-21(3)12-9-17-19-7-6-18(16(2)24)22(19,4)13-10-20(17)23(21,5)14-15/h16-20,24H,1,6-14H2,2-5H3/t16-,17+,18-,19-,20+,21+,22+,23+/m0/s1. The molecule has 0 radical (unpaired) electrons. The summed E-state index contributed by atoms with van der Waals surface area (Å²) in [6.07, 6.45) is 12.0. The number of hydrogen-bond donors (Lipinski definition) is 1. The molecule has 0 unspecified atom stereocenters. The Kier molecular flexibility index (Phi) is 3.82. The van der Waals surface area contributed by atoms with E-state index in [1.165, 1.54) is 63.4 Å². The summed E-state index contributed by atoms with van der Waals surface area (Å²) >= 11 is 0. The summed E-state index contributed by atoms with van der Waals surface area (Å²) < 4.78 is 0. The molecule has 0 aromatic carbocycles. The van der Waals surface area contributed by atoms with E-state index < -0.39 is 0 Å². The molecule has 4 rings (SSSR count). The second-order valence-corrected chi connectivity index (χ2v) is 10.8. The molecule has 4 aliphatic carbocycles. The van der Waals surface area contributed by atoms with Crippen LogP contribution in [-0.4, -0.2) is 11.2 Å². The van der Waals surface area contributed by atoms with Gasteiger partial charge in [0.05, 0.1) is 6.10 Å². The Labute approximate surface area is 149 Å². The van der Waals surface area contributed by atoms with E-state index in [4.69, 9.17) is 0 Å². The summed E-state index contributed by atoms with van der Waals surface area (Å²) in [4.78, 5) is 0. The highest BCUT2D eigenvalue weighted by atomic mass is 16.3. The van der Waals surface area contributed by atoms with Crippen LogP contribution < -0.4 is 0 Å². The van der Waals surface area contributed by atoms with Gasteiger partial charge in [-0.3, -0.25) is 0 Å². The van der Waals surface area contributed by atoms with Crippen molar-refractivity contribution in [1.29, 1.82) is 0 Å². The smallest absolute Gasteiger partial charge is 0.0545 e. The lowest BCUT2D eigenvalue weighted by molar-refractivity contribution is -0.148. The zero-order chi connectivity index (χ0) is 17.3. The molecule has 0 aliphatic heterocycles. The number of rotatable bonds is 1. The van der Waals surface area contributed by atoms with Crippen LogP contribution >= 0.6 is 0 Å². The minimum absolute atomic E-state index is 0.129. The van der Waals surface area contributed by atoms with Crippen LogP contribution in [0.5, 0.6) is 0 Å². The van der Waals surface area contributed by atoms with Crippen molar-refractivity contribution in [3.8, 4) is 0 Å². The highest BCUT2D eigenvalue weighted by molar-refractivity contribution is 5.17. The van der Waals surface area contributed by atoms with Crippen LogP contribution in [0.1, 0.15) is 85.5 Å². The second kappa shape index (κ2) is 5.35. The summed E-state index contributed by atoms with van der Waals surface area (Å²) in [5.74, 6) is 3.17. The van der Waals surface area contributed by atoms with Gasteiger partial charge in [0.25, 0.3) is 0 Å². The quantitative estimate of drug-likeness (QED) is 0.587. The Morgan fingerprint density at radius 3 is 2.46 bits per heavy atom. The Morgan fingerprint density at radius 2 is 1.75 bits per heavy atom. The molecular formula is C23H38O. The van der Waals surface area contributed by atoms with Gasteiger partial charge in [-0.15, -0.1) is 0 Å².